The summed E-state index contributed by atoms with van der Waals surface area (Å²) in [6.45, 7) is 8.00. The highest BCUT2D eigenvalue weighted by Crippen LogP contribution is 2.59. The molecule has 0 amide bonds. The summed E-state index contributed by atoms with van der Waals surface area (Å²) in [7, 11) is -1.30. The molecular weight excluding hydrogens is 236 g/mol. The van der Waals surface area contributed by atoms with E-state index in [1.165, 1.54) is 38.5 Å². The molecule has 0 aromatic rings. The van der Waals surface area contributed by atoms with E-state index in [9.17, 15) is 0 Å². The Bertz CT molecular complexity index is 291. The molecule has 2 unspecified atom stereocenters. The van der Waals surface area contributed by atoms with Gasteiger partial charge in [-0.05, 0) is 81.3 Å². The third-order valence-electron chi connectivity index (χ3n) is 5.65. The Morgan fingerprint density at radius 1 is 0.944 bits per heavy atom. The fourth-order valence-corrected chi connectivity index (χ4v) is 5.97. The molecule has 0 saturated heterocycles. The second-order valence-corrected chi connectivity index (χ2v) is 13.0. The highest BCUT2D eigenvalue weighted by atomic mass is 28.4. The van der Waals surface area contributed by atoms with Crippen LogP contribution < -0.4 is 0 Å². The molecule has 4 fully saturated rings. The predicted octanol–water partition coefficient (Wildman–Crippen LogP) is 4.83. The summed E-state index contributed by atoms with van der Waals surface area (Å²) in [6, 6.07) is 0. The van der Waals surface area contributed by atoms with Gasteiger partial charge in [0.15, 0.2) is 8.32 Å². The maximum atomic E-state index is 6.15. The van der Waals surface area contributed by atoms with Crippen molar-refractivity contribution in [1.82, 2.24) is 0 Å². The maximum absolute atomic E-state index is 6.15. The van der Waals surface area contributed by atoms with Gasteiger partial charge < -0.3 is 4.43 Å². The minimum absolute atomic E-state index is 0.701. The minimum Gasteiger partial charge on any atom is -0.418 e. The van der Waals surface area contributed by atoms with Gasteiger partial charge in [0.1, 0.15) is 0 Å². The van der Waals surface area contributed by atoms with Crippen LogP contribution in [0.15, 0.2) is 0 Å². The number of hydrogen-bond acceptors (Lipinski definition) is 1. The van der Waals surface area contributed by atoms with Crippen molar-refractivity contribution in [3.63, 3.8) is 0 Å². The first kappa shape index (κ1) is 13.2. The highest BCUT2D eigenvalue weighted by Gasteiger charge is 2.47. The lowest BCUT2D eigenvalue weighted by molar-refractivity contribution is 0.0163. The lowest BCUT2D eigenvalue weighted by atomic mass is 9.57. The zero-order valence-electron chi connectivity index (χ0n) is 12.5. The quantitative estimate of drug-likeness (QED) is 0.662. The fraction of sp³-hybridized carbons (Fsp3) is 1.00. The zero-order chi connectivity index (χ0) is 12.8. The van der Waals surface area contributed by atoms with E-state index in [0.29, 0.717) is 5.41 Å². The Labute approximate surface area is 114 Å². The van der Waals surface area contributed by atoms with E-state index in [4.69, 9.17) is 4.43 Å². The molecule has 0 N–H and O–H groups in total. The van der Waals surface area contributed by atoms with E-state index >= 15 is 0 Å². The van der Waals surface area contributed by atoms with E-state index in [1.54, 1.807) is 12.8 Å². The summed E-state index contributed by atoms with van der Waals surface area (Å²) in [6.07, 6.45) is 12.2. The van der Waals surface area contributed by atoms with Gasteiger partial charge in [-0.2, -0.15) is 0 Å². The van der Waals surface area contributed by atoms with Crippen LogP contribution in [0.1, 0.15) is 51.4 Å². The van der Waals surface area contributed by atoms with Gasteiger partial charge in [0.2, 0.25) is 0 Å². The van der Waals surface area contributed by atoms with E-state index in [1.807, 2.05) is 0 Å². The second kappa shape index (κ2) is 4.62. The topological polar surface area (TPSA) is 9.23 Å². The Hall–Kier alpha value is 0.177. The van der Waals surface area contributed by atoms with Crippen molar-refractivity contribution in [2.24, 2.45) is 23.2 Å². The van der Waals surface area contributed by atoms with Crippen LogP contribution in [-0.2, 0) is 4.43 Å². The van der Waals surface area contributed by atoms with Gasteiger partial charge >= 0.3 is 0 Å². The van der Waals surface area contributed by atoms with Crippen molar-refractivity contribution in [2.75, 3.05) is 6.61 Å². The van der Waals surface area contributed by atoms with Gasteiger partial charge in [-0.25, -0.2) is 0 Å². The normalized spacial score (nSPS) is 43.2. The minimum atomic E-state index is -1.30. The first-order valence-corrected chi connectivity index (χ1v) is 11.5. The number of hydrogen-bond donors (Lipinski definition) is 0. The molecule has 0 radical (unpaired) electrons. The van der Waals surface area contributed by atoms with Crippen LogP contribution in [0.4, 0.5) is 0 Å². The Morgan fingerprint density at radius 3 is 2.06 bits per heavy atom. The molecular formula is C16H30OSi. The Morgan fingerprint density at radius 2 is 1.50 bits per heavy atom. The lowest BCUT2D eigenvalue weighted by Gasteiger charge is -2.48. The summed E-state index contributed by atoms with van der Waals surface area (Å²) in [4.78, 5) is 0. The molecule has 4 aliphatic rings. The molecule has 1 nitrogen and oxygen atoms in total. The first-order valence-electron chi connectivity index (χ1n) is 8.08. The van der Waals surface area contributed by atoms with Crippen LogP contribution in [-0.4, -0.2) is 14.9 Å². The van der Waals surface area contributed by atoms with Gasteiger partial charge in [-0.3, -0.25) is 0 Å². The van der Waals surface area contributed by atoms with Gasteiger partial charge in [-0.1, -0.05) is 12.8 Å². The molecule has 0 aromatic heterocycles. The first-order chi connectivity index (χ1) is 8.44. The zero-order valence-corrected chi connectivity index (χ0v) is 13.5. The van der Waals surface area contributed by atoms with E-state index in [0.717, 1.165) is 24.4 Å². The fourth-order valence-electron chi connectivity index (χ4n) is 5.25. The Kier molecular flexibility index (Phi) is 3.38. The number of rotatable bonds is 4. The molecule has 2 heteroatoms. The third kappa shape index (κ3) is 2.85. The number of fused-ring (bicyclic) bond motifs is 1. The van der Waals surface area contributed by atoms with Gasteiger partial charge in [0, 0.05) is 6.61 Å². The summed E-state index contributed by atoms with van der Waals surface area (Å²) < 4.78 is 6.15. The van der Waals surface area contributed by atoms with Gasteiger partial charge in [0.05, 0.1) is 0 Å². The standard InChI is InChI=1S/C16H30OSi/c1-18(2,3)17-7-6-16-10-13-4-5-14(11-16)9-15(8-13)12-16/h13-15H,4-12H2,1-3H3. The lowest BCUT2D eigenvalue weighted by Crippen LogP contribution is -2.39. The SMILES string of the molecule is C[Si](C)(C)OCCC12CC3CCC(CC(C3)C1)C2. The van der Waals surface area contributed by atoms with Crippen LogP contribution >= 0.6 is 0 Å². The van der Waals surface area contributed by atoms with E-state index < -0.39 is 8.32 Å². The maximum Gasteiger partial charge on any atom is 0.183 e. The monoisotopic (exact) mass is 266 g/mol. The second-order valence-electron chi connectivity index (χ2n) is 8.47. The van der Waals surface area contributed by atoms with Gasteiger partial charge in [0.25, 0.3) is 0 Å². The molecule has 0 spiro atoms. The van der Waals surface area contributed by atoms with Crippen molar-refractivity contribution >= 4 is 8.32 Å². The smallest absolute Gasteiger partial charge is 0.183 e. The average molecular weight is 267 g/mol. The van der Waals surface area contributed by atoms with Crippen LogP contribution in [0.2, 0.25) is 19.6 Å². The van der Waals surface area contributed by atoms with Gasteiger partial charge in [-0.15, -0.1) is 0 Å². The van der Waals surface area contributed by atoms with Crippen molar-refractivity contribution < 1.29 is 4.43 Å². The third-order valence-corrected chi connectivity index (χ3v) is 6.72. The molecule has 0 aromatic carbocycles. The summed E-state index contributed by atoms with van der Waals surface area (Å²) >= 11 is 0. The predicted molar refractivity (Wildman–Crippen MR) is 79.1 cm³/mol. The molecule has 4 rings (SSSR count). The molecule has 104 valence electrons. The van der Waals surface area contributed by atoms with Crippen molar-refractivity contribution in [2.45, 2.75) is 71.0 Å². The molecule has 4 bridgehead atoms. The molecule has 4 saturated carbocycles. The van der Waals surface area contributed by atoms with Crippen LogP contribution in [0.3, 0.4) is 0 Å². The summed E-state index contributed by atoms with van der Waals surface area (Å²) in [5.41, 5.74) is 0.701. The van der Waals surface area contributed by atoms with Crippen LogP contribution in [0, 0.1) is 23.2 Å². The summed E-state index contributed by atoms with van der Waals surface area (Å²) in [5.74, 6) is 3.23. The molecule has 2 atom stereocenters. The van der Waals surface area contributed by atoms with E-state index in [-0.39, 0.29) is 0 Å². The van der Waals surface area contributed by atoms with E-state index in [2.05, 4.69) is 19.6 Å². The molecule has 18 heavy (non-hydrogen) atoms. The van der Waals surface area contributed by atoms with Crippen molar-refractivity contribution in [3.8, 4) is 0 Å². The van der Waals surface area contributed by atoms with Crippen LogP contribution in [0.5, 0.6) is 0 Å². The molecule has 0 aliphatic heterocycles. The summed E-state index contributed by atoms with van der Waals surface area (Å²) in [5, 5.41) is 0. The average Bonchev–Trinajstić information content (AvgIpc) is 2.42. The van der Waals surface area contributed by atoms with Crippen LogP contribution in [0.25, 0.3) is 0 Å². The highest BCUT2D eigenvalue weighted by molar-refractivity contribution is 6.69. The Balaban J connectivity index is 1.63. The van der Waals surface area contributed by atoms with Crippen molar-refractivity contribution in [3.05, 3.63) is 0 Å². The molecule has 4 aliphatic carbocycles. The largest absolute Gasteiger partial charge is 0.418 e. The molecule has 0 heterocycles. The van der Waals surface area contributed by atoms with Crippen molar-refractivity contribution in [1.29, 1.82) is 0 Å².